The highest BCUT2D eigenvalue weighted by atomic mass is 32.1. The van der Waals surface area contributed by atoms with Crippen LogP contribution in [0.3, 0.4) is 0 Å². The van der Waals surface area contributed by atoms with Gasteiger partial charge in [0.1, 0.15) is 0 Å². The molecule has 16 heavy (non-hydrogen) atoms. The van der Waals surface area contributed by atoms with Gasteiger partial charge in [0, 0.05) is 4.88 Å². The molecular weight excluding hydrogens is 216 g/mol. The number of nitrogens with one attached hydrogen (secondary N) is 2. The van der Waals surface area contributed by atoms with Crippen molar-refractivity contribution >= 4 is 11.3 Å². The fourth-order valence-corrected chi connectivity index (χ4v) is 2.98. The van der Waals surface area contributed by atoms with Crippen molar-refractivity contribution in [1.82, 2.24) is 10.6 Å². The van der Waals surface area contributed by atoms with Gasteiger partial charge in [0.15, 0.2) is 0 Å². The van der Waals surface area contributed by atoms with Crippen LogP contribution in [-0.2, 0) is 6.42 Å². The summed E-state index contributed by atoms with van der Waals surface area (Å²) < 4.78 is 0. The molecule has 0 radical (unpaired) electrons. The largest absolute Gasteiger partial charge is 0.316 e. The van der Waals surface area contributed by atoms with Gasteiger partial charge in [0.2, 0.25) is 0 Å². The van der Waals surface area contributed by atoms with Gasteiger partial charge in [-0.3, -0.25) is 0 Å². The van der Waals surface area contributed by atoms with Crippen LogP contribution in [0.5, 0.6) is 0 Å². The van der Waals surface area contributed by atoms with E-state index in [0.29, 0.717) is 0 Å². The quantitative estimate of drug-likeness (QED) is 0.743. The van der Waals surface area contributed by atoms with Gasteiger partial charge in [0.25, 0.3) is 0 Å². The van der Waals surface area contributed by atoms with Gasteiger partial charge in [0.05, 0.1) is 0 Å². The minimum Gasteiger partial charge on any atom is -0.316 e. The Morgan fingerprint density at radius 2 is 2.44 bits per heavy atom. The predicted octanol–water partition coefficient (Wildman–Crippen LogP) is 2.27. The van der Waals surface area contributed by atoms with E-state index in [1.54, 1.807) is 0 Å². The van der Waals surface area contributed by atoms with Crippen LogP contribution in [-0.4, -0.2) is 26.2 Å². The molecule has 0 spiro atoms. The summed E-state index contributed by atoms with van der Waals surface area (Å²) >= 11 is 1.86. The molecule has 3 heteroatoms. The number of rotatable bonds is 6. The monoisotopic (exact) mass is 238 g/mol. The Kier molecular flexibility index (Phi) is 5.32. The summed E-state index contributed by atoms with van der Waals surface area (Å²) in [5.74, 6) is 0.906. The van der Waals surface area contributed by atoms with Crippen LogP contribution < -0.4 is 10.6 Å². The molecule has 2 N–H and O–H groups in total. The maximum atomic E-state index is 3.55. The lowest BCUT2D eigenvalue weighted by atomic mass is 9.96. The number of hydrogen-bond acceptors (Lipinski definition) is 3. The van der Waals surface area contributed by atoms with Crippen LogP contribution in [0.1, 0.15) is 24.1 Å². The lowest BCUT2D eigenvalue weighted by Crippen LogP contribution is -2.32. The zero-order valence-corrected chi connectivity index (χ0v) is 10.7. The number of thiophene rings is 1. The van der Waals surface area contributed by atoms with E-state index in [1.807, 2.05) is 11.3 Å². The molecule has 0 aromatic carbocycles. The molecule has 1 aliphatic heterocycles. The summed E-state index contributed by atoms with van der Waals surface area (Å²) in [6.45, 7) is 4.76. The first kappa shape index (κ1) is 12.1. The molecule has 0 amide bonds. The summed E-state index contributed by atoms with van der Waals surface area (Å²) in [6, 6.07) is 4.35. The second-order valence-corrected chi connectivity index (χ2v) is 5.61. The van der Waals surface area contributed by atoms with Crippen molar-refractivity contribution in [3.63, 3.8) is 0 Å². The third kappa shape index (κ3) is 4.24. The standard InChI is InChI=1S/C13H22N2S/c1-3-12(11-15-7-1)5-8-14-9-6-13-4-2-10-16-13/h2,4,10,12,14-15H,1,3,5-9,11H2. The predicted molar refractivity (Wildman–Crippen MR) is 71.1 cm³/mol. The van der Waals surface area contributed by atoms with Crippen molar-refractivity contribution in [2.24, 2.45) is 5.92 Å². The number of hydrogen-bond donors (Lipinski definition) is 2. The smallest absolute Gasteiger partial charge is 0.00578 e. The van der Waals surface area contributed by atoms with Crippen LogP contribution in [0.4, 0.5) is 0 Å². The minimum atomic E-state index is 0.906. The highest BCUT2D eigenvalue weighted by Gasteiger charge is 2.11. The Morgan fingerprint density at radius 1 is 1.44 bits per heavy atom. The Balaban J connectivity index is 1.48. The van der Waals surface area contributed by atoms with E-state index < -0.39 is 0 Å². The molecule has 0 saturated carbocycles. The van der Waals surface area contributed by atoms with Crippen LogP contribution in [0.2, 0.25) is 0 Å². The van der Waals surface area contributed by atoms with Crippen molar-refractivity contribution in [2.45, 2.75) is 25.7 Å². The molecule has 1 saturated heterocycles. The zero-order chi connectivity index (χ0) is 11.1. The molecule has 90 valence electrons. The first-order valence-corrected chi connectivity index (χ1v) is 7.27. The van der Waals surface area contributed by atoms with E-state index in [9.17, 15) is 0 Å². The van der Waals surface area contributed by atoms with Gasteiger partial charge in [-0.2, -0.15) is 0 Å². The molecule has 1 atom stereocenters. The van der Waals surface area contributed by atoms with Gasteiger partial charge in [-0.1, -0.05) is 6.07 Å². The van der Waals surface area contributed by atoms with Gasteiger partial charge in [-0.05, 0) is 69.2 Å². The van der Waals surface area contributed by atoms with E-state index in [0.717, 1.165) is 12.5 Å². The average Bonchev–Trinajstić information content (AvgIpc) is 2.83. The van der Waals surface area contributed by atoms with Crippen molar-refractivity contribution in [3.8, 4) is 0 Å². The summed E-state index contributed by atoms with van der Waals surface area (Å²) in [4.78, 5) is 1.49. The van der Waals surface area contributed by atoms with Crippen molar-refractivity contribution < 1.29 is 0 Å². The van der Waals surface area contributed by atoms with E-state index in [4.69, 9.17) is 0 Å². The topological polar surface area (TPSA) is 24.1 Å². The van der Waals surface area contributed by atoms with Gasteiger partial charge < -0.3 is 10.6 Å². The van der Waals surface area contributed by atoms with E-state index in [2.05, 4.69) is 28.1 Å². The molecule has 1 aromatic rings. The number of piperidine rings is 1. The third-order valence-electron chi connectivity index (χ3n) is 3.26. The van der Waals surface area contributed by atoms with Gasteiger partial charge in [-0.25, -0.2) is 0 Å². The van der Waals surface area contributed by atoms with Crippen molar-refractivity contribution in [1.29, 1.82) is 0 Å². The minimum absolute atomic E-state index is 0.906. The lowest BCUT2D eigenvalue weighted by molar-refractivity contribution is 0.352. The van der Waals surface area contributed by atoms with Crippen LogP contribution in [0.25, 0.3) is 0 Å². The summed E-state index contributed by atoms with van der Waals surface area (Å²) in [5.41, 5.74) is 0. The molecular formula is C13H22N2S. The highest BCUT2D eigenvalue weighted by molar-refractivity contribution is 7.09. The third-order valence-corrected chi connectivity index (χ3v) is 4.19. The Morgan fingerprint density at radius 3 is 3.19 bits per heavy atom. The van der Waals surface area contributed by atoms with Gasteiger partial charge in [-0.15, -0.1) is 11.3 Å². The molecule has 1 aliphatic rings. The summed E-state index contributed by atoms with van der Waals surface area (Å²) in [7, 11) is 0. The molecule has 1 fully saturated rings. The Bertz CT molecular complexity index is 265. The normalized spacial score (nSPS) is 21.1. The SMILES string of the molecule is c1csc(CCNCCC2CCCNC2)c1. The van der Waals surface area contributed by atoms with Crippen molar-refractivity contribution in [3.05, 3.63) is 22.4 Å². The van der Waals surface area contributed by atoms with E-state index in [1.165, 1.54) is 50.2 Å². The first-order chi connectivity index (χ1) is 7.95. The van der Waals surface area contributed by atoms with Crippen LogP contribution in [0.15, 0.2) is 17.5 Å². The molecule has 2 heterocycles. The Labute approximate surface area is 102 Å². The maximum Gasteiger partial charge on any atom is 0.00578 e. The van der Waals surface area contributed by atoms with Gasteiger partial charge >= 0.3 is 0 Å². The molecule has 2 rings (SSSR count). The fraction of sp³-hybridized carbons (Fsp3) is 0.692. The highest BCUT2D eigenvalue weighted by Crippen LogP contribution is 2.13. The summed E-state index contributed by atoms with van der Waals surface area (Å²) in [6.07, 6.45) is 5.29. The fourth-order valence-electron chi connectivity index (χ4n) is 2.27. The molecule has 0 aliphatic carbocycles. The lowest BCUT2D eigenvalue weighted by Gasteiger charge is -2.22. The Hall–Kier alpha value is -0.380. The van der Waals surface area contributed by atoms with Crippen molar-refractivity contribution in [2.75, 3.05) is 26.2 Å². The maximum absolute atomic E-state index is 3.55. The second kappa shape index (κ2) is 7.05. The molecule has 1 unspecified atom stereocenters. The summed E-state index contributed by atoms with van der Waals surface area (Å²) in [5, 5.41) is 9.18. The van der Waals surface area contributed by atoms with E-state index in [-0.39, 0.29) is 0 Å². The van der Waals surface area contributed by atoms with Crippen LogP contribution >= 0.6 is 11.3 Å². The second-order valence-electron chi connectivity index (χ2n) is 4.58. The van der Waals surface area contributed by atoms with E-state index >= 15 is 0 Å². The molecule has 0 bridgehead atoms. The molecule has 2 nitrogen and oxygen atoms in total. The average molecular weight is 238 g/mol. The zero-order valence-electron chi connectivity index (χ0n) is 9.87. The first-order valence-electron chi connectivity index (χ1n) is 6.39. The van der Waals surface area contributed by atoms with Crippen LogP contribution in [0, 0.1) is 5.92 Å². The molecule has 1 aromatic heterocycles.